The normalized spacial score (nSPS) is 9.76. The molecule has 3 amide bonds. The van der Waals surface area contributed by atoms with Gasteiger partial charge in [-0.1, -0.05) is 85.6 Å². The first kappa shape index (κ1) is 31.6. The van der Waals surface area contributed by atoms with E-state index in [-0.39, 0.29) is 23.0 Å². The molecule has 0 saturated carbocycles. The highest BCUT2D eigenvalue weighted by Gasteiger charge is 2.07. The van der Waals surface area contributed by atoms with Gasteiger partial charge in [0.25, 0.3) is 0 Å². The summed E-state index contributed by atoms with van der Waals surface area (Å²) >= 11 is 1.45. The molecular weight excluding hydrogens is 484 g/mol. The second-order valence-electron chi connectivity index (χ2n) is 8.40. The van der Waals surface area contributed by atoms with Crippen molar-refractivity contribution in [1.82, 2.24) is 20.9 Å². The van der Waals surface area contributed by atoms with Gasteiger partial charge in [0.1, 0.15) is 6.61 Å². The minimum Gasteiger partial charge on any atom is -0.444 e. The van der Waals surface area contributed by atoms with Crippen LogP contribution in [0, 0.1) is 13.8 Å². The highest BCUT2D eigenvalue weighted by atomic mass is 32.1. The van der Waals surface area contributed by atoms with Crippen molar-refractivity contribution in [2.75, 3.05) is 13.1 Å². The molecular formula is C29H48N4O3S. The Kier molecular flexibility index (Phi) is 17.8. The van der Waals surface area contributed by atoms with E-state index in [4.69, 9.17) is 4.74 Å². The minimum absolute atomic E-state index is 0. The largest absolute Gasteiger partial charge is 0.444 e. The van der Waals surface area contributed by atoms with Gasteiger partial charge in [-0.2, -0.15) is 0 Å². The van der Waals surface area contributed by atoms with Gasteiger partial charge in [-0.05, 0) is 39.5 Å². The molecule has 0 saturated heterocycles. The van der Waals surface area contributed by atoms with Crippen LogP contribution in [-0.4, -0.2) is 36.2 Å². The van der Waals surface area contributed by atoms with Gasteiger partial charge in [0, 0.05) is 29.6 Å². The van der Waals surface area contributed by atoms with Crippen LogP contribution in [0.15, 0.2) is 72.4 Å². The van der Waals surface area contributed by atoms with Crippen LogP contribution < -0.4 is 16.0 Å². The summed E-state index contributed by atoms with van der Waals surface area (Å²) in [6.45, 7) is 9.62. The third-order valence-corrected chi connectivity index (χ3v) is 5.94. The van der Waals surface area contributed by atoms with Gasteiger partial charge < -0.3 is 20.7 Å². The second kappa shape index (κ2) is 20.8. The molecule has 0 aliphatic heterocycles. The van der Waals surface area contributed by atoms with E-state index in [0.29, 0.717) is 13.1 Å². The maximum atomic E-state index is 11.6. The molecule has 1 aromatic heterocycles. The van der Waals surface area contributed by atoms with Crippen molar-refractivity contribution < 1.29 is 18.6 Å². The summed E-state index contributed by atoms with van der Waals surface area (Å²) in [5, 5.41) is 8.40. The summed E-state index contributed by atoms with van der Waals surface area (Å²) in [5.74, 6) is 0. The lowest BCUT2D eigenvalue weighted by molar-refractivity contribution is 0.140. The highest BCUT2D eigenvalue weighted by molar-refractivity contribution is 7.09. The van der Waals surface area contributed by atoms with Gasteiger partial charge in [0.2, 0.25) is 0 Å². The Bertz CT molecular complexity index is 928. The standard InChI is InChI=1S/C15H26N4O3S.2C7H8.3H2/c1-3-12(4-2)19-14(20)17-7-5-6-8-18-15(21)22-10-13-9-16-11-23-13;2*1-7-5-3-2-4-6-7;;;/h9,11-12H,3-8,10H2,1-2H3,(H,18,21)(H2,17,19,20);2*2-6H,1H3;3*1H. The first-order chi connectivity index (χ1) is 17.9. The zero-order chi connectivity index (χ0) is 27.1. The third-order valence-electron chi connectivity index (χ3n) is 5.19. The van der Waals surface area contributed by atoms with E-state index in [1.165, 1.54) is 22.5 Å². The van der Waals surface area contributed by atoms with Gasteiger partial charge >= 0.3 is 12.1 Å². The molecule has 0 fully saturated rings. The summed E-state index contributed by atoms with van der Waals surface area (Å²) in [4.78, 5) is 27.8. The molecule has 0 atom stereocenters. The number of carbonyl (C=O) groups excluding carboxylic acids is 2. The van der Waals surface area contributed by atoms with Crippen LogP contribution in [0.4, 0.5) is 9.59 Å². The van der Waals surface area contributed by atoms with Crippen molar-refractivity contribution in [3.05, 3.63) is 88.4 Å². The number of unbranched alkanes of at least 4 members (excludes halogenated alkanes) is 1. The molecule has 0 radical (unpaired) electrons. The fourth-order valence-corrected chi connectivity index (χ4v) is 3.45. The Labute approximate surface area is 230 Å². The molecule has 3 N–H and O–H groups in total. The molecule has 0 spiro atoms. The average Bonchev–Trinajstić information content (AvgIpc) is 3.43. The SMILES string of the molecule is CCC(CC)NC(=O)NCCCCNC(=O)OCc1cncs1.Cc1ccccc1.Cc1ccccc1.[HH].[HH].[HH]. The summed E-state index contributed by atoms with van der Waals surface area (Å²) in [7, 11) is 0. The van der Waals surface area contributed by atoms with Crippen molar-refractivity contribution in [1.29, 1.82) is 0 Å². The molecule has 1 heterocycles. The zero-order valence-corrected chi connectivity index (χ0v) is 23.4. The molecule has 7 nitrogen and oxygen atoms in total. The van der Waals surface area contributed by atoms with Gasteiger partial charge in [0.05, 0.1) is 10.4 Å². The van der Waals surface area contributed by atoms with E-state index in [2.05, 4.69) is 59.0 Å². The van der Waals surface area contributed by atoms with Crippen LogP contribution in [0.25, 0.3) is 0 Å². The number of benzene rings is 2. The summed E-state index contributed by atoms with van der Waals surface area (Å²) in [6.07, 6.45) is 4.68. The number of nitrogens with one attached hydrogen (secondary N) is 3. The Morgan fingerprint density at radius 3 is 1.86 bits per heavy atom. The monoisotopic (exact) mass is 532 g/mol. The first-order valence-electron chi connectivity index (χ1n) is 12.8. The lowest BCUT2D eigenvalue weighted by atomic mass is 10.2. The number of amides is 3. The smallest absolute Gasteiger partial charge is 0.407 e. The molecule has 3 rings (SSSR count). The Morgan fingerprint density at radius 1 is 0.892 bits per heavy atom. The van der Waals surface area contributed by atoms with Gasteiger partial charge in [-0.15, -0.1) is 11.3 Å². The number of alkyl carbamates (subject to hydrolysis) is 1. The molecule has 0 aliphatic carbocycles. The molecule has 0 aliphatic rings. The predicted molar refractivity (Wildman–Crippen MR) is 159 cm³/mol. The lowest BCUT2D eigenvalue weighted by Crippen LogP contribution is -2.42. The van der Waals surface area contributed by atoms with E-state index in [9.17, 15) is 9.59 Å². The lowest BCUT2D eigenvalue weighted by Gasteiger charge is -2.15. The maximum absolute atomic E-state index is 11.6. The van der Waals surface area contributed by atoms with Crippen molar-refractivity contribution in [2.45, 2.75) is 66.0 Å². The average molecular weight is 533 g/mol. The number of ether oxygens (including phenoxy) is 1. The van der Waals surface area contributed by atoms with E-state index >= 15 is 0 Å². The van der Waals surface area contributed by atoms with Crippen molar-refractivity contribution in [3.8, 4) is 0 Å². The number of thiazole rings is 1. The van der Waals surface area contributed by atoms with Crippen LogP contribution in [0.5, 0.6) is 0 Å². The number of nitrogens with zero attached hydrogens (tertiary/aromatic N) is 1. The van der Waals surface area contributed by atoms with Crippen LogP contribution in [0.1, 0.15) is 59.8 Å². The quantitative estimate of drug-likeness (QED) is 0.238. The van der Waals surface area contributed by atoms with Gasteiger partial charge in [-0.25, -0.2) is 9.59 Å². The number of hydrogen-bond acceptors (Lipinski definition) is 5. The number of urea groups is 1. The molecule has 37 heavy (non-hydrogen) atoms. The van der Waals surface area contributed by atoms with Crippen LogP contribution in [0.3, 0.4) is 0 Å². The number of aryl methyl sites for hydroxylation is 2. The van der Waals surface area contributed by atoms with Crippen LogP contribution in [0.2, 0.25) is 0 Å². The summed E-state index contributed by atoms with van der Waals surface area (Å²) in [5.41, 5.74) is 4.34. The molecule has 0 bridgehead atoms. The number of aromatic nitrogens is 1. The minimum atomic E-state index is -0.433. The molecule has 0 unspecified atom stereocenters. The topological polar surface area (TPSA) is 92.4 Å². The molecule has 208 valence electrons. The molecule has 8 heteroatoms. The number of hydrogen-bond donors (Lipinski definition) is 3. The van der Waals surface area contributed by atoms with E-state index in [1.807, 2.05) is 50.2 Å². The fraction of sp³-hybridized carbons (Fsp3) is 0.414. The van der Waals surface area contributed by atoms with Crippen molar-refractivity contribution in [3.63, 3.8) is 0 Å². The van der Waals surface area contributed by atoms with E-state index in [1.54, 1.807) is 11.7 Å². The van der Waals surface area contributed by atoms with E-state index in [0.717, 1.165) is 30.6 Å². The highest BCUT2D eigenvalue weighted by Crippen LogP contribution is 2.06. The number of carbonyl (C=O) groups is 2. The fourth-order valence-electron chi connectivity index (χ4n) is 2.94. The van der Waals surface area contributed by atoms with Crippen molar-refractivity contribution in [2.24, 2.45) is 0 Å². The first-order valence-corrected chi connectivity index (χ1v) is 13.7. The summed E-state index contributed by atoms with van der Waals surface area (Å²) < 4.78 is 5.04. The Hall–Kier alpha value is -3.39. The summed E-state index contributed by atoms with van der Waals surface area (Å²) in [6, 6.07) is 20.6. The maximum Gasteiger partial charge on any atom is 0.407 e. The molecule has 2 aromatic carbocycles. The van der Waals surface area contributed by atoms with Gasteiger partial charge in [0.15, 0.2) is 0 Å². The Balaban J connectivity index is -0.000000658. The zero-order valence-electron chi connectivity index (χ0n) is 22.5. The van der Waals surface area contributed by atoms with E-state index < -0.39 is 6.09 Å². The van der Waals surface area contributed by atoms with Crippen LogP contribution in [-0.2, 0) is 11.3 Å². The Morgan fingerprint density at radius 2 is 1.43 bits per heavy atom. The number of rotatable bonds is 10. The molecule has 3 aromatic rings. The van der Waals surface area contributed by atoms with Gasteiger partial charge in [-0.3, -0.25) is 4.98 Å². The third kappa shape index (κ3) is 17.6. The van der Waals surface area contributed by atoms with Crippen molar-refractivity contribution >= 4 is 23.5 Å². The second-order valence-corrected chi connectivity index (χ2v) is 9.37. The predicted octanol–water partition coefficient (Wildman–Crippen LogP) is 7.37. The van der Waals surface area contributed by atoms with Crippen LogP contribution >= 0.6 is 11.3 Å².